The second-order valence-corrected chi connectivity index (χ2v) is 14.0. The lowest BCUT2D eigenvalue weighted by Crippen LogP contribution is -2.67. The molecule has 0 saturated carbocycles. The van der Waals surface area contributed by atoms with Crippen LogP contribution in [0.5, 0.6) is 11.5 Å². The molecular weight excluding hydrogens is 823 g/mol. The van der Waals surface area contributed by atoms with Crippen molar-refractivity contribution in [1.82, 2.24) is 0 Å². The molecule has 0 aromatic heterocycles. The molecule has 22 heteroatoms. The van der Waals surface area contributed by atoms with Crippen molar-refractivity contribution >= 4 is 49.6 Å². The molecule has 2 aromatic carbocycles. The number of para-hydroxylation sites is 2. The molecule has 4 rings (SSSR count). The second kappa shape index (κ2) is 21.6. The summed E-state index contributed by atoms with van der Waals surface area (Å²) in [7, 11) is -5.09. The molecule has 1 unspecified atom stereocenters. The fourth-order valence-corrected chi connectivity index (χ4v) is 7.13. The number of hydrogen-bond acceptors (Lipinski definition) is 21. The van der Waals surface area contributed by atoms with Crippen molar-refractivity contribution in [1.29, 1.82) is 0 Å². The Morgan fingerprint density at radius 1 is 0.517 bits per heavy atom. The predicted octanol–water partition coefficient (Wildman–Crippen LogP) is 2.89. The first-order valence-electron chi connectivity index (χ1n) is 20.4. The van der Waals surface area contributed by atoms with Crippen LogP contribution in [0.4, 0.5) is 0 Å². The molecule has 2 fully saturated rings. The number of hydrogen-bond donors (Lipinski definition) is 0. The minimum absolute atomic E-state index is 0.0730. The van der Waals surface area contributed by atoms with Gasteiger partial charge in [-0.05, 0) is 24.3 Å². The van der Waals surface area contributed by atoms with Gasteiger partial charge in [0.15, 0.2) is 42.9 Å². The number of rotatable bonds is 17. The third-order valence-electron chi connectivity index (χ3n) is 7.89. The van der Waals surface area contributed by atoms with Gasteiger partial charge in [-0.2, -0.15) is 0 Å². The van der Waals surface area contributed by atoms with Crippen LogP contribution in [-0.2, 0) is 90.0 Å². The highest BCUT2D eigenvalue weighted by Crippen LogP contribution is 2.52. The van der Waals surface area contributed by atoms with Gasteiger partial charge in [0, 0.05) is 53.9 Å². The third kappa shape index (κ3) is 14.0. The number of carbonyl (C=O) groups is 7. The first-order valence-corrected chi connectivity index (χ1v) is 19.1. The van der Waals surface area contributed by atoms with Crippen LogP contribution in [0.3, 0.4) is 0 Å². The number of benzene rings is 2. The van der Waals surface area contributed by atoms with Crippen LogP contribution in [0.2, 0.25) is 0 Å². The summed E-state index contributed by atoms with van der Waals surface area (Å²) in [6, 6.07) is 14.9. The van der Waals surface area contributed by atoms with Gasteiger partial charge in [-0.25, -0.2) is 9.09 Å². The van der Waals surface area contributed by atoms with Crippen LogP contribution >= 0.6 is 7.82 Å². The Kier molecular flexibility index (Phi) is 14.8. The number of carbonyl (C=O) groups excluding carboxylic acids is 7. The molecule has 0 spiro atoms. The van der Waals surface area contributed by atoms with Crippen molar-refractivity contribution in [2.45, 2.75) is 110 Å². The van der Waals surface area contributed by atoms with Crippen LogP contribution in [0.1, 0.15) is 53.9 Å². The molecular formula is C38H45O21P. The van der Waals surface area contributed by atoms with E-state index in [0.29, 0.717) is 0 Å². The number of phosphoric ester groups is 1. The quantitative estimate of drug-likeness (QED) is 0.126. The van der Waals surface area contributed by atoms with E-state index in [1.165, 1.54) is 48.5 Å². The maximum Gasteiger partial charge on any atom is 0.590 e. The van der Waals surface area contributed by atoms with Crippen molar-refractivity contribution in [3.8, 4) is 11.5 Å². The molecule has 0 aliphatic carbocycles. The van der Waals surface area contributed by atoms with Gasteiger partial charge in [0.25, 0.3) is 0 Å². The Bertz CT molecular complexity index is 1920. The molecule has 2 aliphatic heterocycles. The van der Waals surface area contributed by atoms with Crippen molar-refractivity contribution in [2.75, 3.05) is 13.2 Å². The zero-order valence-corrected chi connectivity index (χ0v) is 33.2. The van der Waals surface area contributed by atoms with E-state index in [9.17, 15) is 38.1 Å². The molecule has 2 heterocycles. The minimum atomic E-state index is -5.09. The van der Waals surface area contributed by atoms with E-state index in [2.05, 4.69) is 0 Å². The fraction of sp³-hybridized carbons (Fsp3) is 0.500. The largest absolute Gasteiger partial charge is 0.590 e. The summed E-state index contributed by atoms with van der Waals surface area (Å²) in [6.45, 7) is -2.76. The summed E-state index contributed by atoms with van der Waals surface area (Å²) in [6.07, 6.45) is -19.9. The van der Waals surface area contributed by atoms with Gasteiger partial charge in [-0.15, -0.1) is 0 Å². The molecule has 0 radical (unpaired) electrons. The Balaban J connectivity index is 1.96. The average molecular weight is 873 g/mol. The topological polar surface area (TPSA) is 257 Å². The molecule has 2 saturated heterocycles. The third-order valence-corrected chi connectivity index (χ3v) is 9.23. The van der Waals surface area contributed by atoms with Crippen molar-refractivity contribution < 1.29 is 105 Å². The molecule has 0 bridgehead atoms. The van der Waals surface area contributed by atoms with E-state index in [4.69, 9.17) is 66.4 Å². The van der Waals surface area contributed by atoms with E-state index in [1.54, 1.807) is 12.1 Å². The molecule has 2 aliphatic rings. The molecule has 0 amide bonds. The van der Waals surface area contributed by atoms with Gasteiger partial charge in [0.2, 0.25) is 6.29 Å². The van der Waals surface area contributed by atoms with Gasteiger partial charge < -0.3 is 56.4 Å². The summed E-state index contributed by atoms with van der Waals surface area (Å²) in [5.41, 5.74) is 0. The fourth-order valence-electron chi connectivity index (χ4n) is 5.82. The highest BCUT2D eigenvalue weighted by Gasteiger charge is 2.59. The Labute approximate surface area is 349 Å². The normalized spacial score (nSPS) is 27.1. The monoisotopic (exact) mass is 872 g/mol. The highest BCUT2D eigenvalue weighted by molar-refractivity contribution is 7.49. The standard InChI is InChI=1S/C38H45O21P/c1-20(39)47-18-29-31(49-22(3)41)33(51-24(5)43)35(53-26(7)45)37(54-29)56-36-34(52-25(6)44)32(50-23(4)42)30(19-48-21(2)40)55-38(36)59-60(46,57-27-14-10-8-11-15-27)58-28-16-12-9-13-17-28/h8-17,29-38H,18-19H2,1-7H3/t29-,30+,31-,32-,33+,34+,35+,36+,37?,38+/m1/s1/i1D,3D,5D,7D. The van der Waals surface area contributed by atoms with Crippen LogP contribution < -0.4 is 9.05 Å². The van der Waals surface area contributed by atoms with Gasteiger partial charge in [0.05, 0.1) is 0 Å². The maximum atomic E-state index is 14.9. The number of phosphoric acid groups is 1. The van der Waals surface area contributed by atoms with Gasteiger partial charge >= 0.3 is 49.6 Å². The van der Waals surface area contributed by atoms with E-state index < -0.39 is 152 Å². The summed E-state index contributed by atoms with van der Waals surface area (Å²) >= 11 is 0. The first kappa shape index (κ1) is 41.1. The van der Waals surface area contributed by atoms with Crippen molar-refractivity contribution in [3.05, 3.63) is 60.7 Å². The highest BCUT2D eigenvalue weighted by atomic mass is 31.2. The summed E-state index contributed by atoms with van der Waals surface area (Å²) < 4.78 is 119. The van der Waals surface area contributed by atoms with E-state index in [0.717, 1.165) is 20.8 Å². The molecule has 328 valence electrons. The second-order valence-electron chi connectivity index (χ2n) is 12.5. The predicted molar refractivity (Wildman–Crippen MR) is 196 cm³/mol. The van der Waals surface area contributed by atoms with E-state index in [-0.39, 0.29) is 11.5 Å². The maximum absolute atomic E-state index is 14.9. The number of ether oxygens (including phenoxy) is 10. The summed E-state index contributed by atoms with van der Waals surface area (Å²) in [5.74, 6) is -8.11. The van der Waals surface area contributed by atoms with Gasteiger partial charge in [-0.3, -0.25) is 33.6 Å². The molecule has 60 heavy (non-hydrogen) atoms. The first-order chi connectivity index (χ1) is 30.5. The number of esters is 7. The van der Waals surface area contributed by atoms with Crippen LogP contribution in [0.15, 0.2) is 60.7 Å². The molecule has 10 atom stereocenters. The van der Waals surface area contributed by atoms with Crippen LogP contribution in [0.25, 0.3) is 0 Å². The Hall–Kier alpha value is -5.60. The van der Waals surface area contributed by atoms with E-state index >= 15 is 0 Å². The van der Waals surface area contributed by atoms with Crippen molar-refractivity contribution in [2.24, 2.45) is 0 Å². The minimum Gasteiger partial charge on any atom is -0.463 e. The summed E-state index contributed by atoms with van der Waals surface area (Å²) in [5, 5.41) is 0. The van der Waals surface area contributed by atoms with Crippen LogP contribution in [-0.4, -0.2) is 116 Å². The lowest BCUT2D eigenvalue weighted by atomic mass is 9.96. The zero-order valence-electron chi connectivity index (χ0n) is 36.3. The van der Waals surface area contributed by atoms with E-state index in [1.807, 2.05) is 0 Å². The van der Waals surface area contributed by atoms with Crippen LogP contribution in [0, 0.1) is 0 Å². The zero-order chi connectivity index (χ0) is 47.0. The van der Waals surface area contributed by atoms with Gasteiger partial charge in [-0.1, -0.05) is 36.4 Å². The summed E-state index contributed by atoms with van der Waals surface area (Å²) in [4.78, 5) is 87.9. The SMILES string of the molecule is [2H]CC(=O)OC[C@H]1OC(O[C@@H]2[C@H](OP(=O)(Oc3ccccc3)Oc3ccccc3)O[C@@H](COC(C)=O)[C@@H](OC(C)=O)[C@@H]2OC(C)=O)[C@@H](OC(=O)C[2H])[C@@H](OC(=O)C[2H])[C@@H]1OC(=O)C[2H]. The smallest absolute Gasteiger partial charge is 0.463 e. The lowest BCUT2D eigenvalue weighted by molar-refractivity contribution is -0.360. The van der Waals surface area contributed by atoms with Crippen molar-refractivity contribution in [3.63, 3.8) is 0 Å². The molecule has 21 nitrogen and oxygen atoms in total. The lowest BCUT2D eigenvalue weighted by Gasteiger charge is -2.48. The average Bonchev–Trinajstić information content (AvgIpc) is 3.25. The Morgan fingerprint density at radius 2 is 0.917 bits per heavy atom. The Morgan fingerprint density at radius 3 is 1.38 bits per heavy atom. The van der Waals surface area contributed by atoms with Gasteiger partial charge in [0.1, 0.15) is 36.9 Å². The molecule has 2 aromatic rings. The molecule has 0 N–H and O–H groups in total.